The standard InChI is InChI=1S/C14H11NOS/c1-15-13(9-17-14(15)16)12-7-6-10-4-2-3-5-11(10)8-12/h2-9H,1H3. The fourth-order valence-corrected chi connectivity index (χ4v) is 2.74. The number of fused-ring (bicyclic) bond motifs is 1. The van der Waals surface area contributed by atoms with Crippen LogP contribution >= 0.6 is 11.3 Å². The van der Waals surface area contributed by atoms with E-state index in [1.54, 1.807) is 4.57 Å². The molecule has 0 aliphatic heterocycles. The Morgan fingerprint density at radius 3 is 2.53 bits per heavy atom. The maximum Gasteiger partial charge on any atom is 0.307 e. The molecule has 0 aliphatic carbocycles. The third-order valence-electron chi connectivity index (χ3n) is 2.95. The number of nitrogens with zero attached hydrogens (tertiary/aromatic N) is 1. The molecule has 0 atom stereocenters. The summed E-state index contributed by atoms with van der Waals surface area (Å²) >= 11 is 1.24. The molecule has 0 spiro atoms. The van der Waals surface area contributed by atoms with E-state index in [2.05, 4.69) is 30.3 Å². The van der Waals surface area contributed by atoms with Gasteiger partial charge in [0.15, 0.2) is 0 Å². The summed E-state index contributed by atoms with van der Waals surface area (Å²) in [5.41, 5.74) is 2.07. The summed E-state index contributed by atoms with van der Waals surface area (Å²) in [5.74, 6) is 0. The van der Waals surface area contributed by atoms with Crippen molar-refractivity contribution in [3.05, 3.63) is 57.5 Å². The largest absolute Gasteiger partial charge is 0.307 e. The minimum Gasteiger partial charge on any atom is -0.302 e. The molecular weight excluding hydrogens is 230 g/mol. The molecule has 3 aromatic rings. The minimum atomic E-state index is 0.0770. The molecule has 0 saturated carbocycles. The first kappa shape index (κ1) is 10.3. The Bertz CT molecular complexity index is 739. The molecule has 0 unspecified atom stereocenters. The van der Waals surface area contributed by atoms with Crippen molar-refractivity contribution in [1.29, 1.82) is 0 Å². The van der Waals surface area contributed by atoms with E-state index in [9.17, 15) is 4.79 Å². The van der Waals surface area contributed by atoms with Crippen molar-refractivity contribution in [2.75, 3.05) is 0 Å². The molecule has 0 N–H and O–H groups in total. The zero-order valence-electron chi connectivity index (χ0n) is 9.38. The summed E-state index contributed by atoms with van der Waals surface area (Å²) in [6.45, 7) is 0. The molecular formula is C14H11NOS. The summed E-state index contributed by atoms with van der Waals surface area (Å²) in [5, 5.41) is 4.33. The molecule has 1 aromatic heterocycles. The third kappa shape index (κ3) is 1.68. The summed E-state index contributed by atoms with van der Waals surface area (Å²) < 4.78 is 1.69. The normalized spacial score (nSPS) is 10.9. The second-order valence-corrected chi connectivity index (χ2v) is 4.83. The molecule has 3 rings (SSSR count). The fraction of sp³-hybridized carbons (Fsp3) is 0.0714. The van der Waals surface area contributed by atoms with Gasteiger partial charge in [-0.1, -0.05) is 47.7 Å². The van der Waals surface area contributed by atoms with Gasteiger partial charge in [0, 0.05) is 12.4 Å². The van der Waals surface area contributed by atoms with Crippen LogP contribution in [0.15, 0.2) is 52.6 Å². The topological polar surface area (TPSA) is 22.0 Å². The predicted molar refractivity (Wildman–Crippen MR) is 72.5 cm³/mol. The lowest BCUT2D eigenvalue weighted by Gasteiger charge is -2.04. The lowest BCUT2D eigenvalue weighted by Crippen LogP contribution is -2.08. The maximum absolute atomic E-state index is 11.5. The molecule has 0 amide bonds. The number of thiazole rings is 1. The van der Waals surface area contributed by atoms with Crippen LogP contribution in [-0.2, 0) is 7.05 Å². The number of aromatic nitrogens is 1. The molecule has 3 heteroatoms. The second-order valence-electron chi connectivity index (χ2n) is 4.01. The van der Waals surface area contributed by atoms with Gasteiger partial charge in [0.1, 0.15) is 0 Å². The maximum atomic E-state index is 11.5. The van der Waals surface area contributed by atoms with E-state index in [0.717, 1.165) is 11.3 Å². The van der Waals surface area contributed by atoms with Gasteiger partial charge in [-0.2, -0.15) is 0 Å². The van der Waals surface area contributed by atoms with Gasteiger partial charge in [-0.25, -0.2) is 0 Å². The summed E-state index contributed by atoms with van der Waals surface area (Å²) in [4.78, 5) is 11.5. The van der Waals surface area contributed by atoms with Crippen molar-refractivity contribution < 1.29 is 0 Å². The van der Waals surface area contributed by atoms with Crippen LogP contribution in [0.1, 0.15) is 0 Å². The van der Waals surface area contributed by atoms with Crippen LogP contribution in [0, 0.1) is 0 Å². The highest BCUT2D eigenvalue weighted by Crippen LogP contribution is 2.24. The Balaban J connectivity index is 2.25. The first-order valence-electron chi connectivity index (χ1n) is 5.39. The van der Waals surface area contributed by atoms with Gasteiger partial charge < -0.3 is 4.57 Å². The Kier molecular flexibility index (Phi) is 2.34. The quantitative estimate of drug-likeness (QED) is 0.641. The molecule has 2 aromatic carbocycles. The van der Waals surface area contributed by atoms with Gasteiger partial charge in [-0.15, -0.1) is 0 Å². The van der Waals surface area contributed by atoms with E-state index in [0.29, 0.717) is 0 Å². The molecule has 0 fully saturated rings. The van der Waals surface area contributed by atoms with Crippen molar-refractivity contribution in [2.45, 2.75) is 0 Å². The zero-order valence-corrected chi connectivity index (χ0v) is 10.2. The second kappa shape index (κ2) is 3.86. The lowest BCUT2D eigenvalue weighted by molar-refractivity contribution is 0.906. The van der Waals surface area contributed by atoms with E-state index in [1.807, 2.05) is 24.6 Å². The average Bonchev–Trinajstić information content (AvgIpc) is 2.70. The van der Waals surface area contributed by atoms with E-state index in [-0.39, 0.29) is 4.87 Å². The van der Waals surface area contributed by atoms with Crippen molar-refractivity contribution in [2.24, 2.45) is 7.05 Å². The molecule has 0 aliphatic rings. The SMILES string of the molecule is Cn1c(-c2ccc3ccccc3c2)csc1=O. The summed E-state index contributed by atoms with van der Waals surface area (Å²) in [6.07, 6.45) is 0. The molecule has 84 valence electrons. The monoisotopic (exact) mass is 241 g/mol. The van der Waals surface area contributed by atoms with Crippen LogP contribution in [-0.4, -0.2) is 4.57 Å². The van der Waals surface area contributed by atoms with Crippen LogP contribution in [0.4, 0.5) is 0 Å². The zero-order chi connectivity index (χ0) is 11.8. The van der Waals surface area contributed by atoms with Crippen LogP contribution in [0.2, 0.25) is 0 Å². The van der Waals surface area contributed by atoms with Crippen molar-refractivity contribution in [3.8, 4) is 11.3 Å². The highest BCUT2D eigenvalue weighted by atomic mass is 32.1. The molecule has 0 bridgehead atoms. The third-order valence-corrected chi connectivity index (χ3v) is 3.77. The van der Waals surface area contributed by atoms with Crippen LogP contribution in [0.25, 0.3) is 22.0 Å². The Morgan fingerprint density at radius 1 is 1.06 bits per heavy atom. The van der Waals surface area contributed by atoms with Gasteiger partial charge in [0.25, 0.3) is 0 Å². The number of benzene rings is 2. The van der Waals surface area contributed by atoms with Gasteiger partial charge in [0.05, 0.1) is 5.69 Å². The van der Waals surface area contributed by atoms with Gasteiger partial charge in [-0.05, 0) is 22.4 Å². The van der Waals surface area contributed by atoms with Crippen LogP contribution in [0.3, 0.4) is 0 Å². The van der Waals surface area contributed by atoms with E-state index in [4.69, 9.17) is 0 Å². The first-order valence-corrected chi connectivity index (χ1v) is 6.27. The van der Waals surface area contributed by atoms with E-state index in [1.165, 1.54) is 22.1 Å². The predicted octanol–water partition coefficient (Wildman–Crippen LogP) is 3.27. The van der Waals surface area contributed by atoms with Gasteiger partial charge >= 0.3 is 4.87 Å². The van der Waals surface area contributed by atoms with Crippen molar-refractivity contribution >= 4 is 22.1 Å². The Hall–Kier alpha value is -1.87. The van der Waals surface area contributed by atoms with E-state index < -0.39 is 0 Å². The number of rotatable bonds is 1. The van der Waals surface area contributed by atoms with Crippen molar-refractivity contribution in [1.82, 2.24) is 4.57 Å². The van der Waals surface area contributed by atoms with E-state index >= 15 is 0 Å². The molecule has 1 heterocycles. The highest BCUT2D eigenvalue weighted by molar-refractivity contribution is 7.07. The van der Waals surface area contributed by atoms with Gasteiger partial charge in [-0.3, -0.25) is 4.79 Å². The molecule has 2 nitrogen and oxygen atoms in total. The Labute approximate surface area is 103 Å². The fourth-order valence-electron chi connectivity index (χ4n) is 1.97. The van der Waals surface area contributed by atoms with Gasteiger partial charge in [0.2, 0.25) is 0 Å². The first-order chi connectivity index (χ1) is 8.25. The van der Waals surface area contributed by atoms with Crippen molar-refractivity contribution in [3.63, 3.8) is 0 Å². The molecule has 0 radical (unpaired) electrons. The average molecular weight is 241 g/mol. The van der Waals surface area contributed by atoms with Crippen LogP contribution in [0.5, 0.6) is 0 Å². The summed E-state index contributed by atoms with van der Waals surface area (Å²) in [6, 6.07) is 14.5. The molecule has 17 heavy (non-hydrogen) atoms. The number of hydrogen-bond acceptors (Lipinski definition) is 2. The lowest BCUT2D eigenvalue weighted by atomic mass is 10.1. The number of hydrogen-bond donors (Lipinski definition) is 0. The van der Waals surface area contributed by atoms with Crippen LogP contribution < -0.4 is 4.87 Å². The highest BCUT2D eigenvalue weighted by Gasteiger charge is 2.05. The molecule has 0 saturated heterocycles. The smallest absolute Gasteiger partial charge is 0.302 e. The summed E-state index contributed by atoms with van der Waals surface area (Å²) in [7, 11) is 1.81. The Morgan fingerprint density at radius 2 is 1.82 bits per heavy atom. The minimum absolute atomic E-state index is 0.0770.